The summed E-state index contributed by atoms with van der Waals surface area (Å²) in [4.78, 5) is 15.6. The van der Waals surface area contributed by atoms with Gasteiger partial charge in [-0.1, -0.05) is 48.5 Å². The number of aldehydes is 1. The van der Waals surface area contributed by atoms with Crippen molar-refractivity contribution < 1.29 is 4.79 Å². The van der Waals surface area contributed by atoms with Crippen LogP contribution in [0.5, 0.6) is 0 Å². The normalized spacial score (nSPS) is 10.5. The second kappa shape index (κ2) is 5.02. The minimum atomic E-state index is 0.680. The van der Waals surface area contributed by atoms with Crippen LogP contribution in [0.2, 0.25) is 0 Å². The van der Waals surface area contributed by atoms with E-state index >= 15 is 0 Å². The highest BCUT2D eigenvalue weighted by Crippen LogP contribution is 2.16. The molecule has 0 saturated heterocycles. The number of hydrogen-bond acceptors (Lipinski definition) is 2. The Balaban J connectivity index is 1.99. The van der Waals surface area contributed by atoms with Gasteiger partial charge in [0.25, 0.3) is 0 Å². The number of carbonyl (C=O) groups is 1. The van der Waals surface area contributed by atoms with Crippen LogP contribution in [0.15, 0.2) is 60.7 Å². The number of carbonyl (C=O) groups excluding carboxylic acids is 1. The highest BCUT2D eigenvalue weighted by atomic mass is 16.1. The summed E-state index contributed by atoms with van der Waals surface area (Å²) in [6.45, 7) is 0. The number of hydrogen-bond donors (Lipinski definition) is 0. The van der Waals surface area contributed by atoms with Gasteiger partial charge in [-0.15, -0.1) is 0 Å². The second-order valence-electron chi connectivity index (χ2n) is 4.49. The van der Waals surface area contributed by atoms with Gasteiger partial charge >= 0.3 is 0 Å². The van der Waals surface area contributed by atoms with Crippen LogP contribution in [0.25, 0.3) is 10.9 Å². The van der Waals surface area contributed by atoms with Crippen LogP contribution in [-0.2, 0) is 6.42 Å². The van der Waals surface area contributed by atoms with Crippen LogP contribution in [0.3, 0.4) is 0 Å². The van der Waals surface area contributed by atoms with E-state index in [-0.39, 0.29) is 0 Å². The summed E-state index contributed by atoms with van der Waals surface area (Å²) in [7, 11) is 0. The summed E-state index contributed by atoms with van der Waals surface area (Å²) < 4.78 is 0. The first-order valence-electron chi connectivity index (χ1n) is 6.24. The van der Waals surface area contributed by atoms with E-state index in [1.807, 2.05) is 54.6 Å². The third-order valence-electron chi connectivity index (χ3n) is 3.21. The van der Waals surface area contributed by atoms with Gasteiger partial charge in [0, 0.05) is 23.1 Å². The summed E-state index contributed by atoms with van der Waals surface area (Å²) in [6.07, 6.45) is 1.58. The maximum Gasteiger partial charge on any atom is 0.150 e. The lowest BCUT2D eigenvalue weighted by Gasteiger charge is -2.05. The molecule has 19 heavy (non-hydrogen) atoms. The summed E-state index contributed by atoms with van der Waals surface area (Å²) in [5.74, 6) is 0. The minimum Gasteiger partial charge on any atom is -0.298 e. The smallest absolute Gasteiger partial charge is 0.150 e. The molecule has 0 saturated carbocycles. The maximum atomic E-state index is 11.0. The first kappa shape index (κ1) is 11.6. The molecule has 0 aliphatic carbocycles. The summed E-state index contributed by atoms with van der Waals surface area (Å²) in [5.41, 5.74) is 3.72. The Morgan fingerprint density at radius 3 is 2.58 bits per heavy atom. The zero-order valence-corrected chi connectivity index (χ0v) is 10.4. The quantitative estimate of drug-likeness (QED) is 0.661. The van der Waals surface area contributed by atoms with Crippen molar-refractivity contribution in [1.29, 1.82) is 0 Å². The molecule has 0 bridgehead atoms. The maximum absolute atomic E-state index is 11.0. The van der Waals surface area contributed by atoms with Crippen LogP contribution in [0.1, 0.15) is 21.6 Å². The molecular formula is C17H13NO. The van der Waals surface area contributed by atoms with Gasteiger partial charge in [-0.25, -0.2) is 0 Å². The van der Waals surface area contributed by atoms with Crippen molar-refractivity contribution >= 4 is 17.2 Å². The first-order valence-corrected chi connectivity index (χ1v) is 6.24. The van der Waals surface area contributed by atoms with E-state index in [0.717, 1.165) is 34.0 Å². The molecule has 0 N–H and O–H groups in total. The Bertz CT molecular complexity index is 734. The van der Waals surface area contributed by atoms with Gasteiger partial charge in [-0.3, -0.25) is 9.78 Å². The number of pyridine rings is 1. The van der Waals surface area contributed by atoms with Crippen molar-refractivity contribution in [2.75, 3.05) is 0 Å². The fourth-order valence-corrected chi connectivity index (χ4v) is 2.21. The van der Waals surface area contributed by atoms with E-state index in [1.54, 1.807) is 0 Å². The third kappa shape index (κ3) is 2.38. The fourth-order valence-electron chi connectivity index (χ4n) is 2.21. The number of fused-ring (bicyclic) bond motifs is 1. The Kier molecular flexibility index (Phi) is 3.07. The number of nitrogens with zero attached hydrogens (tertiary/aromatic N) is 1. The van der Waals surface area contributed by atoms with E-state index in [4.69, 9.17) is 0 Å². The Labute approximate surface area is 111 Å². The summed E-state index contributed by atoms with van der Waals surface area (Å²) in [6, 6.07) is 19.8. The number of benzene rings is 2. The molecule has 0 aliphatic heterocycles. The largest absolute Gasteiger partial charge is 0.298 e. The predicted molar refractivity (Wildman–Crippen MR) is 76.4 cm³/mol. The van der Waals surface area contributed by atoms with E-state index in [2.05, 4.69) is 11.1 Å². The van der Waals surface area contributed by atoms with Gasteiger partial charge in [-0.2, -0.15) is 0 Å². The third-order valence-corrected chi connectivity index (χ3v) is 3.21. The van der Waals surface area contributed by atoms with Gasteiger partial charge in [0.1, 0.15) is 6.29 Å². The van der Waals surface area contributed by atoms with Crippen molar-refractivity contribution in [2.45, 2.75) is 6.42 Å². The average molecular weight is 247 g/mol. The molecule has 3 rings (SSSR count). The first-order chi connectivity index (χ1) is 9.36. The molecule has 0 radical (unpaired) electrons. The molecule has 0 aliphatic rings. The summed E-state index contributed by atoms with van der Waals surface area (Å²) >= 11 is 0. The van der Waals surface area contributed by atoms with Crippen molar-refractivity contribution in [3.05, 3.63) is 77.5 Å². The van der Waals surface area contributed by atoms with Crippen molar-refractivity contribution in [3.63, 3.8) is 0 Å². The monoisotopic (exact) mass is 247 g/mol. The lowest BCUT2D eigenvalue weighted by molar-refractivity contribution is 0.112. The van der Waals surface area contributed by atoms with Crippen LogP contribution in [0.4, 0.5) is 0 Å². The van der Waals surface area contributed by atoms with Crippen molar-refractivity contribution in [2.24, 2.45) is 0 Å². The van der Waals surface area contributed by atoms with Gasteiger partial charge < -0.3 is 0 Å². The minimum absolute atomic E-state index is 0.680. The molecule has 2 nitrogen and oxygen atoms in total. The molecule has 2 heteroatoms. The van der Waals surface area contributed by atoms with Crippen LogP contribution in [-0.4, -0.2) is 11.3 Å². The molecule has 0 fully saturated rings. The zero-order chi connectivity index (χ0) is 13.1. The van der Waals surface area contributed by atoms with Gasteiger partial charge in [-0.05, 0) is 17.7 Å². The van der Waals surface area contributed by atoms with E-state index in [9.17, 15) is 4.79 Å². The molecule has 0 spiro atoms. The topological polar surface area (TPSA) is 30.0 Å². The SMILES string of the molecule is O=Cc1ccccc1Cc1ccc2ccccc2n1. The fraction of sp³-hybridized carbons (Fsp3) is 0.0588. The van der Waals surface area contributed by atoms with E-state index < -0.39 is 0 Å². The summed E-state index contributed by atoms with van der Waals surface area (Å²) in [5, 5.41) is 1.13. The van der Waals surface area contributed by atoms with Crippen LogP contribution in [0, 0.1) is 0 Å². The molecule has 0 amide bonds. The number of rotatable bonds is 3. The molecule has 0 atom stereocenters. The van der Waals surface area contributed by atoms with E-state index in [0.29, 0.717) is 6.42 Å². The predicted octanol–water partition coefficient (Wildman–Crippen LogP) is 3.64. The van der Waals surface area contributed by atoms with Gasteiger partial charge in [0.15, 0.2) is 0 Å². The van der Waals surface area contributed by atoms with Gasteiger partial charge in [0.05, 0.1) is 5.52 Å². The average Bonchev–Trinajstić information content (AvgIpc) is 2.48. The van der Waals surface area contributed by atoms with Crippen LogP contribution >= 0.6 is 0 Å². The number of aromatic nitrogens is 1. The van der Waals surface area contributed by atoms with E-state index in [1.165, 1.54) is 0 Å². The molecule has 1 heterocycles. The molecule has 92 valence electrons. The molecule has 1 aromatic heterocycles. The standard InChI is InChI=1S/C17H13NO/c19-12-15-7-2-1-6-14(15)11-16-10-9-13-5-3-4-8-17(13)18-16/h1-10,12H,11H2. The molecule has 0 unspecified atom stereocenters. The second-order valence-corrected chi connectivity index (χ2v) is 4.49. The number of para-hydroxylation sites is 1. The molecule has 2 aromatic carbocycles. The highest BCUT2D eigenvalue weighted by Gasteiger charge is 2.04. The zero-order valence-electron chi connectivity index (χ0n) is 10.4. The van der Waals surface area contributed by atoms with Crippen molar-refractivity contribution in [3.8, 4) is 0 Å². The Hall–Kier alpha value is -2.48. The highest BCUT2D eigenvalue weighted by molar-refractivity contribution is 5.79. The lowest BCUT2D eigenvalue weighted by atomic mass is 10.0. The Morgan fingerprint density at radius 1 is 0.895 bits per heavy atom. The molecule has 3 aromatic rings. The lowest BCUT2D eigenvalue weighted by Crippen LogP contribution is -1.96. The molecular weight excluding hydrogens is 234 g/mol. The van der Waals surface area contributed by atoms with Crippen molar-refractivity contribution in [1.82, 2.24) is 4.98 Å². The van der Waals surface area contributed by atoms with Crippen LogP contribution < -0.4 is 0 Å². The van der Waals surface area contributed by atoms with Gasteiger partial charge in [0.2, 0.25) is 0 Å². The Morgan fingerprint density at radius 2 is 1.68 bits per heavy atom.